The van der Waals surface area contributed by atoms with Gasteiger partial charge in [-0.3, -0.25) is 0 Å². The summed E-state index contributed by atoms with van der Waals surface area (Å²) in [6, 6.07) is 5.16. The minimum absolute atomic E-state index is 0.261. The van der Waals surface area contributed by atoms with Gasteiger partial charge in [0.2, 0.25) is 0 Å². The molecule has 1 aromatic heterocycles. The van der Waals surface area contributed by atoms with Crippen LogP contribution in [0.15, 0.2) is 24.5 Å². The zero-order valence-electron chi connectivity index (χ0n) is 14.9. The SMILES string of the molecule is CC(NC(=O)NC(C)(C)c1ccc2c(c1)OCCO2)c1nncn1C. The second-order valence-electron chi connectivity index (χ2n) is 6.60. The maximum absolute atomic E-state index is 12.4. The second kappa shape index (κ2) is 6.62. The van der Waals surface area contributed by atoms with E-state index in [1.807, 2.05) is 46.0 Å². The van der Waals surface area contributed by atoms with E-state index in [0.29, 0.717) is 24.8 Å². The fourth-order valence-electron chi connectivity index (χ4n) is 2.77. The number of hydrogen-bond donors (Lipinski definition) is 2. The Bertz CT molecular complexity index is 771. The number of hydrogen-bond acceptors (Lipinski definition) is 5. The first-order valence-corrected chi connectivity index (χ1v) is 8.19. The van der Waals surface area contributed by atoms with Crippen LogP contribution in [0, 0.1) is 0 Å². The summed E-state index contributed by atoms with van der Waals surface area (Å²) in [5.74, 6) is 2.12. The highest BCUT2D eigenvalue weighted by Gasteiger charge is 2.26. The molecule has 25 heavy (non-hydrogen) atoms. The fourth-order valence-corrected chi connectivity index (χ4v) is 2.77. The first kappa shape index (κ1) is 17.1. The van der Waals surface area contributed by atoms with E-state index in [4.69, 9.17) is 9.47 Å². The minimum Gasteiger partial charge on any atom is -0.486 e. The number of aromatic nitrogens is 3. The van der Waals surface area contributed by atoms with Crippen LogP contribution in [0.4, 0.5) is 4.79 Å². The Hall–Kier alpha value is -2.77. The van der Waals surface area contributed by atoms with Crippen LogP contribution in [0.1, 0.15) is 38.2 Å². The van der Waals surface area contributed by atoms with Crippen LogP contribution in [0.5, 0.6) is 11.5 Å². The van der Waals surface area contributed by atoms with Crippen molar-refractivity contribution in [1.29, 1.82) is 0 Å². The summed E-state index contributed by atoms with van der Waals surface area (Å²) in [5, 5.41) is 13.7. The lowest BCUT2D eigenvalue weighted by Crippen LogP contribution is -2.47. The van der Waals surface area contributed by atoms with Gasteiger partial charge in [-0.05, 0) is 38.5 Å². The molecule has 0 saturated carbocycles. The second-order valence-corrected chi connectivity index (χ2v) is 6.60. The van der Waals surface area contributed by atoms with Crippen LogP contribution >= 0.6 is 0 Å². The molecular weight excluding hydrogens is 322 g/mol. The molecule has 2 aromatic rings. The van der Waals surface area contributed by atoms with Gasteiger partial charge in [-0.15, -0.1) is 10.2 Å². The highest BCUT2D eigenvalue weighted by Crippen LogP contribution is 2.34. The van der Waals surface area contributed by atoms with E-state index >= 15 is 0 Å². The lowest BCUT2D eigenvalue weighted by molar-refractivity contribution is 0.171. The largest absolute Gasteiger partial charge is 0.486 e. The van der Waals surface area contributed by atoms with Gasteiger partial charge in [0.05, 0.1) is 11.6 Å². The van der Waals surface area contributed by atoms with Crippen molar-refractivity contribution in [2.24, 2.45) is 7.05 Å². The van der Waals surface area contributed by atoms with Gasteiger partial charge in [-0.1, -0.05) is 6.07 Å². The van der Waals surface area contributed by atoms with Gasteiger partial charge < -0.3 is 24.7 Å². The van der Waals surface area contributed by atoms with Crippen molar-refractivity contribution in [1.82, 2.24) is 25.4 Å². The van der Waals surface area contributed by atoms with Crippen molar-refractivity contribution in [3.63, 3.8) is 0 Å². The molecule has 2 heterocycles. The van der Waals surface area contributed by atoms with E-state index in [1.165, 1.54) is 0 Å². The van der Waals surface area contributed by atoms with Gasteiger partial charge in [-0.2, -0.15) is 0 Å². The standard InChI is InChI=1S/C17H23N5O3/c1-11(15-21-18-10-22(15)4)19-16(23)20-17(2,3)12-5-6-13-14(9-12)25-8-7-24-13/h5-6,9-11H,7-8H2,1-4H3,(H2,19,20,23). The number of urea groups is 1. The molecule has 1 atom stereocenters. The van der Waals surface area contributed by atoms with Crippen LogP contribution in [-0.2, 0) is 12.6 Å². The van der Waals surface area contributed by atoms with Crippen molar-refractivity contribution >= 4 is 6.03 Å². The molecule has 8 heteroatoms. The molecule has 134 valence electrons. The Morgan fingerprint density at radius 2 is 2.00 bits per heavy atom. The third-order valence-corrected chi connectivity index (χ3v) is 4.17. The van der Waals surface area contributed by atoms with E-state index in [0.717, 1.165) is 11.3 Å². The van der Waals surface area contributed by atoms with Crippen molar-refractivity contribution in [2.75, 3.05) is 13.2 Å². The molecule has 1 unspecified atom stereocenters. The number of benzene rings is 1. The van der Waals surface area contributed by atoms with Crippen molar-refractivity contribution in [3.05, 3.63) is 35.9 Å². The van der Waals surface area contributed by atoms with E-state index in [2.05, 4.69) is 20.8 Å². The number of amides is 2. The molecule has 8 nitrogen and oxygen atoms in total. The molecule has 3 rings (SSSR count). The van der Waals surface area contributed by atoms with Crippen LogP contribution in [0.2, 0.25) is 0 Å². The maximum Gasteiger partial charge on any atom is 0.316 e. The average molecular weight is 345 g/mol. The lowest BCUT2D eigenvalue weighted by atomic mass is 9.94. The smallest absolute Gasteiger partial charge is 0.316 e. The van der Waals surface area contributed by atoms with Crippen molar-refractivity contribution in [3.8, 4) is 11.5 Å². The molecule has 2 N–H and O–H groups in total. The first-order valence-electron chi connectivity index (χ1n) is 8.19. The Morgan fingerprint density at radius 1 is 1.28 bits per heavy atom. The predicted molar refractivity (Wildman–Crippen MR) is 91.5 cm³/mol. The Labute approximate surface area is 146 Å². The Morgan fingerprint density at radius 3 is 2.68 bits per heavy atom. The quantitative estimate of drug-likeness (QED) is 0.883. The van der Waals surface area contributed by atoms with Crippen LogP contribution in [0.25, 0.3) is 0 Å². The molecular formula is C17H23N5O3. The summed E-state index contributed by atoms with van der Waals surface area (Å²) < 4.78 is 12.9. The summed E-state index contributed by atoms with van der Waals surface area (Å²) in [4.78, 5) is 12.4. The number of nitrogens with zero attached hydrogens (tertiary/aromatic N) is 3. The third kappa shape index (κ3) is 3.67. The van der Waals surface area contributed by atoms with Crippen molar-refractivity contribution in [2.45, 2.75) is 32.4 Å². The van der Waals surface area contributed by atoms with E-state index in [-0.39, 0.29) is 12.1 Å². The Balaban J connectivity index is 1.68. The third-order valence-electron chi connectivity index (χ3n) is 4.17. The van der Waals surface area contributed by atoms with Crippen LogP contribution in [-0.4, -0.2) is 34.0 Å². The number of nitrogens with one attached hydrogen (secondary N) is 2. The first-order chi connectivity index (χ1) is 11.9. The summed E-state index contributed by atoms with van der Waals surface area (Å²) in [6.45, 7) is 6.81. The fraction of sp³-hybridized carbons (Fsp3) is 0.471. The summed E-state index contributed by atoms with van der Waals surface area (Å²) in [6.07, 6.45) is 1.60. The molecule has 0 aliphatic carbocycles. The summed E-state index contributed by atoms with van der Waals surface area (Å²) in [5.41, 5.74) is 0.345. The molecule has 0 fully saturated rings. The lowest BCUT2D eigenvalue weighted by Gasteiger charge is -2.29. The molecule has 2 amide bonds. The Kier molecular flexibility index (Phi) is 4.52. The van der Waals surface area contributed by atoms with Gasteiger partial charge in [0.15, 0.2) is 17.3 Å². The normalized spacial score (nSPS) is 14.7. The molecule has 0 radical (unpaired) electrons. The number of carbonyl (C=O) groups excluding carboxylic acids is 1. The average Bonchev–Trinajstić information content (AvgIpc) is 3.00. The van der Waals surface area contributed by atoms with E-state index in [9.17, 15) is 4.79 Å². The number of fused-ring (bicyclic) bond motifs is 1. The van der Waals surface area contributed by atoms with Crippen LogP contribution < -0.4 is 20.1 Å². The highest BCUT2D eigenvalue weighted by molar-refractivity contribution is 5.75. The summed E-state index contributed by atoms with van der Waals surface area (Å²) >= 11 is 0. The maximum atomic E-state index is 12.4. The molecule has 1 aromatic carbocycles. The van der Waals surface area contributed by atoms with Gasteiger partial charge in [0, 0.05) is 7.05 Å². The van der Waals surface area contributed by atoms with E-state index in [1.54, 1.807) is 10.9 Å². The highest BCUT2D eigenvalue weighted by atomic mass is 16.6. The number of ether oxygens (including phenoxy) is 2. The van der Waals surface area contributed by atoms with Gasteiger partial charge in [0.25, 0.3) is 0 Å². The zero-order valence-corrected chi connectivity index (χ0v) is 14.9. The molecule has 0 saturated heterocycles. The molecule has 0 spiro atoms. The number of carbonyl (C=O) groups is 1. The van der Waals surface area contributed by atoms with Crippen molar-refractivity contribution < 1.29 is 14.3 Å². The van der Waals surface area contributed by atoms with Gasteiger partial charge in [-0.25, -0.2) is 4.79 Å². The van der Waals surface area contributed by atoms with Gasteiger partial charge >= 0.3 is 6.03 Å². The number of rotatable bonds is 4. The monoisotopic (exact) mass is 345 g/mol. The van der Waals surface area contributed by atoms with E-state index < -0.39 is 5.54 Å². The minimum atomic E-state index is -0.584. The summed E-state index contributed by atoms with van der Waals surface area (Å²) in [7, 11) is 1.84. The molecule has 1 aliphatic heterocycles. The topological polar surface area (TPSA) is 90.3 Å². The zero-order chi connectivity index (χ0) is 18.0. The molecule has 0 bridgehead atoms. The van der Waals surface area contributed by atoms with Crippen LogP contribution in [0.3, 0.4) is 0 Å². The predicted octanol–water partition coefficient (Wildman–Crippen LogP) is 1.88. The molecule has 1 aliphatic rings. The van der Waals surface area contributed by atoms with Gasteiger partial charge in [0.1, 0.15) is 19.5 Å². The number of aryl methyl sites for hydroxylation is 1.